The maximum absolute atomic E-state index is 6.95. The molecule has 0 bridgehead atoms. The zero-order valence-electron chi connectivity index (χ0n) is 23.9. The van der Waals surface area contributed by atoms with E-state index >= 15 is 0 Å². The second kappa shape index (κ2) is 14.9. The van der Waals surface area contributed by atoms with Gasteiger partial charge in [-0.25, -0.2) is 0 Å². The van der Waals surface area contributed by atoms with E-state index in [9.17, 15) is 0 Å². The van der Waals surface area contributed by atoms with E-state index in [1.54, 1.807) is 0 Å². The second-order valence-electron chi connectivity index (χ2n) is 12.0. The van der Waals surface area contributed by atoms with Crippen LogP contribution in [-0.4, -0.2) is 46.0 Å². The molecular formula is C29H54O2SiSn. The van der Waals surface area contributed by atoms with Gasteiger partial charge in [0, 0.05) is 0 Å². The predicted octanol–water partition coefficient (Wildman–Crippen LogP) is 9.27. The zero-order chi connectivity index (χ0) is 25.9. The van der Waals surface area contributed by atoms with Crippen molar-refractivity contribution in [1.82, 2.24) is 0 Å². The van der Waals surface area contributed by atoms with Crippen molar-refractivity contribution in [1.29, 1.82) is 0 Å². The van der Waals surface area contributed by atoms with Crippen LogP contribution in [0.3, 0.4) is 0 Å². The van der Waals surface area contributed by atoms with Crippen LogP contribution in [0.2, 0.25) is 33.0 Å². The van der Waals surface area contributed by atoms with Crippen molar-refractivity contribution in [3.63, 3.8) is 0 Å². The normalized spacial score (nSPS) is 17.6. The number of methoxy groups -OCH3 is 1. The average molecular weight is 582 g/mol. The van der Waals surface area contributed by atoms with Crippen LogP contribution in [0.5, 0.6) is 0 Å². The summed E-state index contributed by atoms with van der Waals surface area (Å²) in [6, 6.07) is 0. The summed E-state index contributed by atoms with van der Waals surface area (Å²) in [4.78, 5) is 7.33. The van der Waals surface area contributed by atoms with Crippen molar-refractivity contribution in [3.8, 4) is 0 Å². The number of hydrogen-bond donors (Lipinski definition) is 0. The van der Waals surface area contributed by atoms with Crippen LogP contribution in [-0.2, 0) is 9.16 Å². The molecule has 0 spiro atoms. The van der Waals surface area contributed by atoms with Crippen molar-refractivity contribution in [2.75, 3.05) is 7.11 Å². The molecule has 0 fully saturated rings. The Kier molecular flexibility index (Phi) is 14.7. The molecule has 0 saturated carbocycles. The van der Waals surface area contributed by atoms with Gasteiger partial charge in [-0.15, -0.1) is 6.58 Å². The molecule has 0 aliphatic rings. The summed E-state index contributed by atoms with van der Waals surface area (Å²) in [7, 11) is -0.124. The molecule has 0 rings (SSSR count). The van der Waals surface area contributed by atoms with Crippen LogP contribution in [0.1, 0.15) is 60.8 Å². The number of rotatable bonds is 14. The summed E-state index contributed by atoms with van der Waals surface area (Å²) in [5, 5.41) is 0.160. The van der Waals surface area contributed by atoms with E-state index in [2.05, 4.69) is 111 Å². The Morgan fingerprint density at radius 3 is 2.18 bits per heavy atom. The quantitative estimate of drug-likeness (QED) is 0.0881. The Hall–Kier alpha value is -0.364. The monoisotopic (exact) mass is 582 g/mol. The third-order valence-electron chi connectivity index (χ3n) is 6.42. The molecule has 3 atom stereocenters. The Balaban J connectivity index is 5.85. The van der Waals surface area contributed by atoms with Gasteiger partial charge in [0.1, 0.15) is 0 Å². The Bertz CT molecular complexity index is 702. The minimum absolute atomic E-state index is 0.00770. The van der Waals surface area contributed by atoms with Gasteiger partial charge in [0.05, 0.1) is 0 Å². The molecule has 0 aromatic rings. The first-order valence-electron chi connectivity index (χ1n) is 12.6. The first kappa shape index (κ1) is 32.6. The molecule has 0 radical (unpaired) electrons. The third-order valence-corrected chi connectivity index (χ3v) is 14.7. The van der Waals surface area contributed by atoms with E-state index < -0.39 is 26.7 Å². The molecule has 4 heteroatoms. The van der Waals surface area contributed by atoms with Crippen LogP contribution in [0.25, 0.3) is 0 Å². The van der Waals surface area contributed by atoms with Gasteiger partial charge >= 0.3 is 188 Å². The van der Waals surface area contributed by atoms with Crippen LogP contribution < -0.4 is 0 Å². The SMILES string of the molecule is C=CCCC/C=C/C=C(\C)[C@@H](OC)[C@@H](C)[C@@H](/C=C/C(C)=[CH]\[Sn]([CH3])([CH3])[CH3])O[Si](C)(C)C(C)(C)C. The molecule has 0 heterocycles. The maximum atomic E-state index is 6.95. The fourth-order valence-electron chi connectivity index (χ4n) is 3.60. The minimum atomic E-state index is -1.99. The van der Waals surface area contributed by atoms with Crippen LogP contribution in [0.15, 0.2) is 58.3 Å². The van der Waals surface area contributed by atoms with Gasteiger partial charge in [-0.1, -0.05) is 6.08 Å². The van der Waals surface area contributed by atoms with Gasteiger partial charge in [0.2, 0.25) is 0 Å². The number of allylic oxidation sites excluding steroid dienone is 6. The van der Waals surface area contributed by atoms with E-state index in [0.717, 1.165) is 19.3 Å². The molecule has 0 aliphatic heterocycles. The zero-order valence-corrected chi connectivity index (χ0v) is 27.8. The second-order valence-corrected chi connectivity index (χ2v) is 31.1. The molecule has 0 saturated heterocycles. The Morgan fingerprint density at radius 2 is 1.70 bits per heavy atom. The topological polar surface area (TPSA) is 18.5 Å². The summed E-state index contributed by atoms with van der Waals surface area (Å²) in [6.45, 7) is 22.1. The molecule has 2 nitrogen and oxygen atoms in total. The van der Waals surface area contributed by atoms with E-state index in [-0.39, 0.29) is 23.2 Å². The molecule has 0 aromatic heterocycles. The molecular weight excluding hydrogens is 527 g/mol. The molecule has 0 N–H and O–H groups in total. The van der Waals surface area contributed by atoms with Gasteiger partial charge in [-0.3, -0.25) is 0 Å². The standard InChI is InChI=1S/C26H45O2Si.3CH3.Sn/c1-12-13-14-15-16-17-18-22(4)25(27-9)23(5)24(20-19-21(2)3)28-29(10,11)26(6,7)8;;;;/h2,12,16-20,23-25H,1,13-15H2,3-11H3;3*1H3;/b17-16+,20-19+,21-2?,22-18+;;;;/t23-,24+,25+;;;;/m0..../s1. The molecule has 190 valence electrons. The van der Waals surface area contributed by atoms with Crippen molar-refractivity contribution in [2.24, 2.45) is 5.92 Å². The first-order valence-corrected chi connectivity index (χ1v) is 25.7. The molecule has 0 aliphatic carbocycles. The number of unbranched alkanes of at least 4 members (excludes halogenated alkanes) is 2. The van der Waals surface area contributed by atoms with E-state index in [1.807, 2.05) is 13.2 Å². The van der Waals surface area contributed by atoms with Crippen molar-refractivity contribution in [3.05, 3.63) is 58.3 Å². The fraction of sp³-hybridized carbons (Fsp3) is 0.655. The predicted molar refractivity (Wildman–Crippen MR) is 155 cm³/mol. The Labute approximate surface area is 212 Å². The van der Waals surface area contributed by atoms with E-state index in [1.165, 1.54) is 11.1 Å². The molecule has 0 amide bonds. The van der Waals surface area contributed by atoms with Crippen LogP contribution in [0.4, 0.5) is 0 Å². The van der Waals surface area contributed by atoms with E-state index in [4.69, 9.17) is 9.16 Å². The third kappa shape index (κ3) is 13.3. The number of hydrogen-bond acceptors (Lipinski definition) is 2. The van der Waals surface area contributed by atoms with E-state index in [0.29, 0.717) is 0 Å². The molecule has 33 heavy (non-hydrogen) atoms. The van der Waals surface area contributed by atoms with Crippen molar-refractivity contribution in [2.45, 2.75) is 106 Å². The first-order chi connectivity index (χ1) is 15.1. The molecule has 0 unspecified atom stereocenters. The summed E-state index contributed by atoms with van der Waals surface area (Å²) < 4.78 is 15.5. The van der Waals surface area contributed by atoms with Crippen LogP contribution >= 0.6 is 0 Å². The van der Waals surface area contributed by atoms with Crippen LogP contribution in [0, 0.1) is 5.92 Å². The summed E-state index contributed by atoms with van der Waals surface area (Å²) in [6.07, 6.45) is 16.5. The summed E-state index contributed by atoms with van der Waals surface area (Å²) in [5.41, 5.74) is 2.60. The van der Waals surface area contributed by atoms with Gasteiger partial charge in [-0.2, -0.15) is 0 Å². The van der Waals surface area contributed by atoms with Gasteiger partial charge in [0.25, 0.3) is 0 Å². The average Bonchev–Trinajstić information content (AvgIpc) is 2.66. The summed E-state index contributed by atoms with van der Waals surface area (Å²) in [5.74, 6) is 0.205. The van der Waals surface area contributed by atoms with Gasteiger partial charge in [0.15, 0.2) is 0 Å². The van der Waals surface area contributed by atoms with Crippen molar-refractivity contribution < 1.29 is 9.16 Å². The van der Waals surface area contributed by atoms with Crippen molar-refractivity contribution >= 4 is 26.7 Å². The summed E-state index contributed by atoms with van der Waals surface area (Å²) >= 11 is -1.99. The number of ether oxygens (including phenoxy) is 1. The van der Waals surface area contributed by atoms with Gasteiger partial charge in [-0.05, 0) is 12.8 Å². The Morgan fingerprint density at radius 1 is 1.09 bits per heavy atom. The fourth-order valence-corrected chi connectivity index (χ4v) is 9.10. The molecule has 0 aromatic carbocycles. The van der Waals surface area contributed by atoms with Gasteiger partial charge < -0.3 is 0 Å².